The van der Waals surface area contributed by atoms with Crippen LogP contribution in [0.15, 0.2) is 97.1 Å². The standard InChI is InChI=1S/2C13H10N2O4.2C13H12N2O3.2C2H7N.2C2H6O.4C2H6/c2*16-10-6-5-9(11(17)14-10)15-12(18)7-3-1-2-4-8(7)13(15)19;2*16-11-6-5-10(12(17)14-11)15-7-8-3-1-2-4-9(8)13(15)18;4*1-3-2;4*1-2/h2*1-4,9H,5-6H2,(H,14,16,17);2*1-4,10H,5-7H2,(H,14,16,17);2*3H,1-2H3;2*1-2H3;4*1-2H3. The number of carbonyl (C=O) groups excluding carboxylic acids is 14. The van der Waals surface area contributed by atoms with Gasteiger partial charge in [0.15, 0.2) is 0 Å². The van der Waals surface area contributed by atoms with Crippen molar-refractivity contribution < 1.29 is 76.6 Å². The number of imide groups is 6. The van der Waals surface area contributed by atoms with Gasteiger partial charge in [0.1, 0.15) is 24.2 Å². The Morgan fingerprint density at radius 2 is 0.511 bits per heavy atom. The molecule has 4 unspecified atom stereocenters. The van der Waals surface area contributed by atoms with Gasteiger partial charge in [0.25, 0.3) is 35.4 Å². The molecule has 0 bridgehead atoms. The fourth-order valence-corrected chi connectivity index (χ4v) is 9.86. The third kappa shape index (κ3) is 21.8. The van der Waals surface area contributed by atoms with Crippen LogP contribution >= 0.6 is 0 Å². The van der Waals surface area contributed by atoms with E-state index in [2.05, 4.69) is 41.4 Å². The lowest BCUT2D eigenvalue weighted by Gasteiger charge is -2.29. The molecule has 0 aromatic heterocycles. The Kier molecular flexibility index (Phi) is 38.1. The van der Waals surface area contributed by atoms with Gasteiger partial charge in [-0.25, -0.2) is 0 Å². The molecule has 4 atom stereocenters. The van der Waals surface area contributed by atoms with Gasteiger partial charge in [-0.3, -0.25) is 98.2 Å². The molecule has 14 amide bonds. The number of methoxy groups -OCH3 is 2. The van der Waals surface area contributed by atoms with E-state index in [9.17, 15) is 67.1 Å². The highest BCUT2D eigenvalue weighted by Gasteiger charge is 2.46. The van der Waals surface area contributed by atoms with Crippen molar-refractivity contribution in [2.75, 3.05) is 56.6 Å². The molecule has 6 N–H and O–H groups in total. The first-order valence-corrected chi connectivity index (χ1v) is 31.2. The maximum atomic E-state index is 12.2. The summed E-state index contributed by atoms with van der Waals surface area (Å²) in [5, 5.41) is 14.4. The second kappa shape index (κ2) is 43.3. The Balaban J connectivity index is 0.000000572. The van der Waals surface area contributed by atoms with E-state index >= 15 is 0 Å². The van der Waals surface area contributed by atoms with Crippen LogP contribution in [0, 0.1) is 0 Å². The molecule has 26 nitrogen and oxygen atoms in total. The normalized spacial score (nSPS) is 18.9. The zero-order valence-electron chi connectivity index (χ0n) is 56.9. The molecule has 12 rings (SSSR count). The van der Waals surface area contributed by atoms with Crippen molar-refractivity contribution in [3.05, 3.63) is 142 Å². The molecule has 0 saturated carbocycles. The van der Waals surface area contributed by atoms with Crippen molar-refractivity contribution >= 4 is 82.7 Å². The van der Waals surface area contributed by atoms with Gasteiger partial charge in [0.05, 0.1) is 22.3 Å². The molecule has 94 heavy (non-hydrogen) atoms. The van der Waals surface area contributed by atoms with Crippen LogP contribution < -0.4 is 31.9 Å². The summed E-state index contributed by atoms with van der Waals surface area (Å²) in [5.41, 5.74) is 4.40. The van der Waals surface area contributed by atoms with Gasteiger partial charge < -0.3 is 29.9 Å². The average molecular weight is 1310 g/mol. The smallest absolute Gasteiger partial charge is 0.262 e. The van der Waals surface area contributed by atoms with Crippen LogP contribution in [0.5, 0.6) is 0 Å². The van der Waals surface area contributed by atoms with Crippen molar-refractivity contribution in [1.82, 2.24) is 51.5 Å². The molecular weight excluding hydrogens is 1210 g/mol. The topological polar surface area (TPSA) is 343 Å². The lowest BCUT2D eigenvalue weighted by Crippen LogP contribution is -2.54. The molecule has 8 aliphatic heterocycles. The number of nitrogens with one attached hydrogen (secondary N) is 6. The molecule has 0 aliphatic carbocycles. The van der Waals surface area contributed by atoms with Crippen LogP contribution in [0.1, 0.15) is 180 Å². The third-order valence-corrected chi connectivity index (χ3v) is 13.6. The van der Waals surface area contributed by atoms with E-state index < -0.39 is 59.6 Å². The molecule has 4 aromatic rings. The minimum absolute atomic E-state index is 0.125. The molecule has 4 fully saturated rings. The Morgan fingerprint density at radius 3 is 0.713 bits per heavy atom. The molecule has 8 heterocycles. The summed E-state index contributed by atoms with van der Waals surface area (Å²) < 4.78 is 8.50. The van der Waals surface area contributed by atoms with E-state index in [0.717, 1.165) is 20.9 Å². The van der Waals surface area contributed by atoms with Crippen LogP contribution in [0.25, 0.3) is 0 Å². The fraction of sp³-hybridized carbons (Fsp3) is 0.441. The number of amides is 14. The van der Waals surface area contributed by atoms with Crippen molar-refractivity contribution in [1.29, 1.82) is 0 Å². The highest BCUT2D eigenvalue weighted by atomic mass is 16.5. The van der Waals surface area contributed by atoms with Gasteiger partial charge >= 0.3 is 0 Å². The summed E-state index contributed by atoms with van der Waals surface area (Å²) in [5.74, 6) is -5.36. The van der Waals surface area contributed by atoms with Gasteiger partial charge in [-0.15, -0.1) is 0 Å². The molecule has 4 saturated heterocycles. The summed E-state index contributed by atoms with van der Waals surface area (Å²) in [6.07, 6.45) is 2.00. The highest BCUT2D eigenvalue weighted by Crippen LogP contribution is 2.31. The molecule has 0 radical (unpaired) electrons. The lowest BCUT2D eigenvalue weighted by atomic mass is 10.0. The van der Waals surface area contributed by atoms with Gasteiger partial charge in [-0.1, -0.05) is 116 Å². The van der Waals surface area contributed by atoms with Crippen molar-refractivity contribution in [2.45, 2.75) is 144 Å². The van der Waals surface area contributed by atoms with Crippen LogP contribution in [0.4, 0.5) is 0 Å². The number of nitrogens with zero attached hydrogens (tertiary/aromatic N) is 4. The minimum atomic E-state index is -0.898. The second-order valence-electron chi connectivity index (χ2n) is 19.9. The summed E-state index contributed by atoms with van der Waals surface area (Å²) in [4.78, 5) is 169. The van der Waals surface area contributed by atoms with Crippen LogP contribution in [-0.4, -0.2) is 183 Å². The maximum absolute atomic E-state index is 12.2. The summed E-state index contributed by atoms with van der Waals surface area (Å²) in [7, 11) is 14.0. The Hall–Kier alpha value is -9.50. The number of rotatable bonds is 4. The third-order valence-electron chi connectivity index (χ3n) is 13.6. The monoisotopic (exact) mass is 1310 g/mol. The Bertz CT molecular complexity index is 2990. The number of hydrogen-bond donors (Lipinski definition) is 6. The second-order valence-corrected chi connectivity index (χ2v) is 19.9. The minimum Gasteiger partial charge on any atom is -0.388 e. The zero-order chi connectivity index (χ0) is 71.4. The van der Waals surface area contributed by atoms with Gasteiger partial charge in [-0.2, -0.15) is 0 Å². The molecule has 26 heteroatoms. The number of hydrogen-bond acceptors (Lipinski definition) is 18. The van der Waals surface area contributed by atoms with Crippen molar-refractivity contribution in [2.24, 2.45) is 0 Å². The first-order chi connectivity index (χ1) is 45.2. The zero-order valence-corrected chi connectivity index (χ0v) is 56.9. The molecule has 4 aromatic carbocycles. The van der Waals surface area contributed by atoms with Crippen LogP contribution in [-0.2, 0) is 60.9 Å². The number of benzene rings is 4. The number of fused-ring (bicyclic) bond motifs is 4. The van der Waals surface area contributed by atoms with E-state index in [-0.39, 0.29) is 85.8 Å². The van der Waals surface area contributed by atoms with Crippen molar-refractivity contribution in [3.8, 4) is 0 Å². The molecular formula is C68H94N10O16. The molecule has 8 aliphatic rings. The fourth-order valence-electron chi connectivity index (χ4n) is 9.86. The summed E-state index contributed by atoms with van der Waals surface area (Å²) >= 11 is 0. The SMILES string of the molecule is CC.CC.CC.CC.CNC.CNC.COC.COC.O=C1CCC(N2C(=O)c3ccccc3C2=O)C(=O)N1.O=C1CCC(N2C(=O)c3ccccc3C2=O)C(=O)N1.O=C1CCC(N2Cc3ccccc3C2=O)C(=O)N1.O=C1CCC(N2Cc3ccccc3C2=O)C(=O)N1. The van der Waals surface area contributed by atoms with E-state index in [1.165, 1.54) is 0 Å². The van der Waals surface area contributed by atoms with Gasteiger partial charge in [-0.05, 0) is 101 Å². The number of ether oxygens (including phenoxy) is 2. The first kappa shape index (κ1) is 82.5. The largest absolute Gasteiger partial charge is 0.388 e. The van der Waals surface area contributed by atoms with Gasteiger partial charge in [0, 0.05) is 78.3 Å². The van der Waals surface area contributed by atoms with Gasteiger partial charge in [0.2, 0.25) is 47.3 Å². The van der Waals surface area contributed by atoms with Crippen LogP contribution in [0.2, 0.25) is 0 Å². The quantitative estimate of drug-likeness (QED) is 0.140. The van der Waals surface area contributed by atoms with E-state index in [0.29, 0.717) is 59.3 Å². The Labute approximate surface area is 551 Å². The van der Waals surface area contributed by atoms with Crippen molar-refractivity contribution in [3.63, 3.8) is 0 Å². The predicted octanol–water partition coefficient (Wildman–Crippen LogP) is 5.37. The maximum Gasteiger partial charge on any atom is 0.262 e. The first-order valence-electron chi connectivity index (χ1n) is 31.2. The molecule has 512 valence electrons. The van der Waals surface area contributed by atoms with E-state index in [1.54, 1.807) is 98.9 Å². The number of piperidine rings is 4. The van der Waals surface area contributed by atoms with Crippen LogP contribution in [0.3, 0.4) is 0 Å². The lowest BCUT2D eigenvalue weighted by molar-refractivity contribution is -0.138. The number of carbonyl (C=O) groups is 14. The predicted molar refractivity (Wildman–Crippen MR) is 352 cm³/mol. The molecule has 0 spiro atoms. The Morgan fingerprint density at radius 1 is 0.319 bits per heavy atom. The van der Waals surface area contributed by atoms with E-state index in [4.69, 9.17) is 0 Å². The summed E-state index contributed by atoms with van der Waals surface area (Å²) in [6, 6.07) is 24.7. The van der Waals surface area contributed by atoms with E-state index in [1.807, 2.05) is 120 Å². The highest BCUT2D eigenvalue weighted by molar-refractivity contribution is 6.24. The average Bonchev–Trinajstić information content (AvgIpc) is 1.63. The summed E-state index contributed by atoms with van der Waals surface area (Å²) in [6.45, 7) is 16.9.